The molecule has 5 aromatic rings. The summed E-state index contributed by atoms with van der Waals surface area (Å²) >= 11 is 12.6. The summed E-state index contributed by atoms with van der Waals surface area (Å²) in [5.41, 5.74) is 3.93. The van der Waals surface area contributed by atoms with Gasteiger partial charge in [0.2, 0.25) is 5.91 Å². The highest BCUT2D eigenvalue weighted by atomic mass is 35.5. The van der Waals surface area contributed by atoms with Gasteiger partial charge in [-0.15, -0.1) is 10.2 Å². The van der Waals surface area contributed by atoms with E-state index in [1.807, 2.05) is 0 Å². The zero-order valence-corrected chi connectivity index (χ0v) is 25.5. The van der Waals surface area contributed by atoms with Crippen LogP contribution in [-0.4, -0.2) is 60.6 Å². The number of amides is 3. The number of benzene rings is 3. The van der Waals surface area contributed by atoms with Gasteiger partial charge in [0.1, 0.15) is 12.1 Å². The van der Waals surface area contributed by atoms with E-state index in [1.165, 1.54) is 29.2 Å². The smallest absolute Gasteiger partial charge is 0.319 e. The van der Waals surface area contributed by atoms with Gasteiger partial charge in [0.25, 0.3) is 0 Å². The number of nitrogens with zero attached hydrogens (tertiary/aromatic N) is 6. The average Bonchev–Trinajstić information content (AvgIpc) is 3.58. The van der Waals surface area contributed by atoms with Gasteiger partial charge in [-0.2, -0.15) is 9.78 Å². The van der Waals surface area contributed by atoms with Crippen molar-refractivity contribution in [2.24, 2.45) is 0 Å². The molecule has 0 unspecified atom stereocenters. The fourth-order valence-corrected chi connectivity index (χ4v) is 4.88. The Balaban J connectivity index is 1.41. The molecule has 234 valence electrons. The summed E-state index contributed by atoms with van der Waals surface area (Å²) < 4.78 is 15.5. The Labute approximate surface area is 272 Å². The molecular formula is C31H26Cl2FN9O3. The van der Waals surface area contributed by atoms with Gasteiger partial charge in [0, 0.05) is 34.5 Å². The highest BCUT2D eigenvalue weighted by Gasteiger charge is 2.20. The predicted octanol–water partition coefficient (Wildman–Crippen LogP) is 4.79. The number of urea groups is 1. The van der Waals surface area contributed by atoms with E-state index in [0.29, 0.717) is 44.3 Å². The monoisotopic (exact) mass is 661 g/mol. The molecule has 5 rings (SSSR count). The molecular weight excluding hydrogens is 636 g/mol. The topological polar surface area (TPSA) is 160 Å². The third-order valence-electron chi connectivity index (χ3n) is 6.62. The SMILES string of the molecule is O=C(C=Cc1cc(Cl)ccc1-n1cnnn1)N[C@@H](Cc1cccc(F)c1)c1cc(-c2ccc(NC(=O)NCCO)cc2)c(Cl)nn1. The number of aliphatic hydroxyl groups is 1. The number of aromatic nitrogens is 6. The maximum atomic E-state index is 14.1. The molecule has 0 radical (unpaired) electrons. The van der Waals surface area contributed by atoms with E-state index in [9.17, 15) is 14.0 Å². The lowest BCUT2D eigenvalue weighted by Crippen LogP contribution is -2.30. The van der Waals surface area contributed by atoms with Crippen molar-refractivity contribution in [1.29, 1.82) is 0 Å². The Hall–Kier alpha value is -5.24. The molecule has 0 bridgehead atoms. The van der Waals surface area contributed by atoms with Crippen LogP contribution in [0.25, 0.3) is 22.9 Å². The van der Waals surface area contributed by atoms with Crippen LogP contribution in [0.1, 0.15) is 22.9 Å². The van der Waals surface area contributed by atoms with Gasteiger partial charge in [-0.3, -0.25) is 4.79 Å². The standard InChI is InChI=1S/C31H26Cl2FN9O3/c32-22-7-10-28(43-18-36-41-42-43)21(16-22)6-11-29(45)38-26(15-19-2-1-3-23(34)14-19)27-17-25(30(33)40-39-27)20-4-8-24(9-5-20)37-31(46)35-12-13-44/h1-11,14,16-18,26,44H,12-13,15H2,(H,38,45)(H2,35,37,46)/t26-/m0/s1. The van der Waals surface area contributed by atoms with Crippen molar-refractivity contribution < 1.29 is 19.1 Å². The summed E-state index contributed by atoms with van der Waals surface area (Å²) in [4.78, 5) is 25.2. The molecule has 15 heteroatoms. The largest absolute Gasteiger partial charge is 0.395 e. The summed E-state index contributed by atoms with van der Waals surface area (Å²) in [5, 5.41) is 37.2. The summed E-state index contributed by atoms with van der Waals surface area (Å²) in [6, 6.07) is 18.5. The molecule has 0 aliphatic carbocycles. The van der Waals surface area contributed by atoms with Gasteiger partial charge in [-0.1, -0.05) is 47.5 Å². The molecule has 46 heavy (non-hydrogen) atoms. The van der Waals surface area contributed by atoms with Crippen molar-refractivity contribution in [2.45, 2.75) is 12.5 Å². The minimum Gasteiger partial charge on any atom is -0.395 e. The van der Waals surface area contributed by atoms with Crippen LogP contribution >= 0.6 is 23.2 Å². The first-order valence-corrected chi connectivity index (χ1v) is 14.6. The molecule has 3 aromatic carbocycles. The molecule has 3 amide bonds. The van der Waals surface area contributed by atoms with Crippen LogP contribution in [0.2, 0.25) is 10.2 Å². The van der Waals surface area contributed by atoms with E-state index < -0.39 is 23.8 Å². The fourth-order valence-electron chi connectivity index (χ4n) is 4.50. The number of rotatable bonds is 11. The van der Waals surface area contributed by atoms with Crippen LogP contribution in [0.15, 0.2) is 85.2 Å². The number of halogens is 3. The second kappa shape index (κ2) is 15.2. The van der Waals surface area contributed by atoms with Crippen molar-refractivity contribution in [3.8, 4) is 16.8 Å². The van der Waals surface area contributed by atoms with E-state index in [0.717, 1.165) is 0 Å². The Bertz CT molecular complexity index is 1860. The van der Waals surface area contributed by atoms with E-state index >= 15 is 0 Å². The third kappa shape index (κ3) is 8.47. The average molecular weight is 663 g/mol. The van der Waals surface area contributed by atoms with Gasteiger partial charge in [0.15, 0.2) is 5.15 Å². The van der Waals surface area contributed by atoms with Crippen molar-refractivity contribution in [2.75, 3.05) is 18.5 Å². The number of hydrogen-bond donors (Lipinski definition) is 4. The molecule has 0 saturated heterocycles. The number of anilines is 1. The first-order valence-electron chi connectivity index (χ1n) is 13.8. The van der Waals surface area contributed by atoms with Crippen LogP contribution in [0, 0.1) is 5.82 Å². The van der Waals surface area contributed by atoms with Crippen molar-refractivity contribution >= 4 is 46.9 Å². The molecule has 0 fully saturated rings. The number of aliphatic hydroxyl groups excluding tert-OH is 1. The van der Waals surface area contributed by atoms with Crippen LogP contribution in [0.4, 0.5) is 14.9 Å². The molecule has 0 aliphatic rings. The second-order valence-corrected chi connectivity index (χ2v) is 10.6. The van der Waals surface area contributed by atoms with E-state index in [-0.39, 0.29) is 24.7 Å². The zero-order valence-electron chi connectivity index (χ0n) is 23.9. The maximum absolute atomic E-state index is 14.1. The molecule has 0 aliphatic heterocycles. The first kappa shape index (κ1) is 32.2. The molecule has 0 spiro atoms. The van der Waals surface area contributed by atoms with Crippen LogP contribution < -0.4 is 16.0 Å². The zero-order chi connectivity index (χ0) is 32.5. The van der Waals surface area contributed by atoms with Gasteiger partial charge >= 0.3 is 6.03 Å². The number of nitrogens with one attached hydrogen (secondary N) is 3. The molecule has 4 N–H and O–H groups in total. The van der Waals surface area contributed by atoms with Crippen LogP contribution in [0.5, 0.6) is 0 Å². The van der Waals surface area contributed by atoms with E-state index in [4.69, 9.17) is 28.3 Å². The highest BCUT2D eigenvalue weighted by Crippen LogP contribution is 2.30. The summed E-state index contributed by atoms with van der Waals surface area (Å²) in [5.74, 6) is -0.877. The first-order chi connectivity index (χ1) is 22.3. The van der Waals surface area contributed by atoms with Gasteiger partial charge < -0.3 is 21.1 Å². The maximum Gasteiger partial charge on any atom is 0.319 e. The van der Waals surface area contributed by atoms with E-state index in [2.05, 4.69) is 41.7 Å². The number of hydrogen-bond acceptors (Lipinski definition) is 8. The number of carbonyl (C=O) groups is 2. The van der Waals surface area contributed by atoms with Gasteiger partial charge in [0.05, 0.1) is 24.0 Å². The lowest BCUT2D eigenvalue weighted by molar-refractivity contribution is -0.117. The fraction of sp³-hybridized carbons (Fsp3) is 0.129. The summed E-state index contributed by atoms with van der Waals surface area (Å²) in [6.07, 6.45) is 4.54. The third-order valence-corrected chi connectivity index (χ3v) is 7.14. The quantitative estimate of drug-likeness (QED) is 0.147. The Kier molecular flexibility index (Phi) is 10.6. The van der Waals surface area contributed by atoms with Crippen molar-refractivity contribution in [3.05, 3.63) is 118 Å². The normalized spacial score (nSPS) is 11.7. The van der Waals surface area contributed by atoms with E-state index in [1.54, 1.807) is 66.7 Å². The van der Waals surface area contributed by atoms with Crippen LogP contribution in [-0.2, 0) is 11.2 Å². The van der Waals surface area contributed by atoms with Gasteiger partial charge in [-0.05, 0) is 82.6 Å². The molecule has 2 aromatic heterocycles. The van der Waals surface area contributed by atoms with Gasteiger partial charge in [-0.25, -0.2) is 9.18 Å². The minimum atomic E-state index is -0.725. The Morgan fingerprint density at radius 2 is 1.85 bits per heavy atom. The lowest BCUT2D eigenvalue weighted by atomic mass is 10.00. The highest BCUT2D eigenvalue weighted by molar-refractivity contribution is 6.32. The minimum absolute atomic E-state index is 0.121. The molecule has 0 saturated carbocycles. The van der Waals surface area contributed by atoms with Crippen molar-refractivity contribution in [3.63, 3.8) is 0 Å². The summed E-state index contributed by atoms with van der Waals surface area (Å²) in [6.45, 7) is -0.0552. The lowest BCUT2D eigenvalue weighted by Gasteiger charge is -2.19. The molecule has 12 nitrogen and oxygen atoms in total. The van der Waals surface area contributed by atoms with Crippen molar-refractivity contribution in [1.82, 2.24) is 41.0 Å². The Morgan fingerprint density at radius 1 is 1.02 bits per heavy atom. The van der Waals surface area contributed by atoms with Crippen LogP contribution in [0.3, 0.4) is 0 Å². The predicted molar refractivity (Wildman–Crippen MR) is 171 cm³/mol. The number of tetrazole rings is 1. The number of carbonyl (C=O) groups excluding carboxylic acids is 2. The molecule has 2 heterocycles. The Morgan fingerprint density at radius 3 is 2.59 bits per heavy atom. The summed E-state index contributed by atoms with van der Waals surface area (Å²) in [7, 11) is 0. The molecule has 1 atom stereocenters. The second-order valence-electron chi connectivity index (χ2n) is 9.84.